The van der Waals surface area contributed by atoms with Gasteiger partial charge in [-0.2, -0.15) is 5.10 Å². The quantitative estimate of drug-likeness (QED) is 0.486. The number of hydrogen-bond acceptors (Lipinski definition) is 6. The average Bonchev–Trinajstić information content (AvgIpc) is 3.47. The molecule has 5 rings (SSSR count). The number of fused-ring (bicyclic) bond motifs is 1. The molecule has 0 aliphatic carbocycles. The second-order valence-corrected chi connectivity index (χ2v) is 7.44. The summed E-state index contributed by atoms with van der Waals surface area (Å²) in [6, 6.07) is 13.6. The van der Waals surface area contributed by atoms with E-state index < -0.39 is 6.17 Å². The fourth-order valence-corrected chi connectivity index (χ4v) is 3.87. The number of nitrogens with zero attached hydrogens (tertiary/aromatic N) is 5. The van der Waals surface area contributed by atoms with E-state index in [0.29, 0.717) is 48.2 Å². The molecule has 7 nitrogen and oxygen atoms in total. The highest BCUT2D eigenvalue weighted by Crippen LogP contribution is 2.37. The molecule has 0 N–H and O–H groups in total. The Balaban J connectivity index is 1.68. The standard InChI is InChI=1S/C23H22FN5O2/c1-30-20-10-18-19(11-21(20)31-2)26-23(28-9-8-16(24)14-28)27-22(18)15-12-25-29(13-15)17-6-4-3-5-7-17/h3-7,10-13,16H,8-9,14H2,1-2H3/t16-/m0/s1. The predicted octanol–water partition coefficient (Wildman–Crippen LogP) is 4.05. The van der Waals surface area contributed by atoms with Crippen LogP contribution < -0.4 is 14.4 Å². The molecule has 0 saturated carbocycles. The first-order valence-corrected chi connectivity index (χ1v) is 10.1. The maximum atomic E-state index is 13.9. The molecule has 1 fully saturated rings. The first-order chi connectivity index (χ1) is 15.2. The number of anilines is 1. The van der Waals surface area contributed by atoms with Crippen LogP contribution in [0.1, 0.15) is 6.42 Å². The van der Waals surface area contributed by atoms with Crippen LogP contribution in [0.3, 0.4) is 0 Å². The van der Waals surface area contributed by atoms with Gasteiger partial charge in [-0.15, -0.1) is 0 Å². The second kappa shape index (κ2) is 7.86. The molecular weight excluding hydrogens is 397 g/mol. The highest BCUT2D eigenvalue weighted by molar-refractivity contribution is 5.95. The molecule has 1 aliphatic rings. The number of rotatable bonds is 5. The highest BCUT2D eigenvalue weighted by Gasteiger charge is 2.25. The first kappa shape index (κ1) is 19.3. The van der Waals surface area contributed by atoms with Crippen molar-refractivity contribution in [1.29, 1.82) is 0 Å². The van der Waals surface area contributed by atoms with Crippen LogP contribution in [0.25, 0.3) is 27.8 Å². The number of hydrogen-bond donors (Lipinski definition) is 0. The van der Waals surface area contributed by atoms with Crippen LogP contribution in [0.2, 0.25) is 0 Å². The van der Waals surface area contributed by atoms with Crippen molar-refractivity contribution >= 4 is 16.9 Å². The molecule has 8 heteroatoms. The van der Waals surface area contributed by atoms with Gasteiger partial charge in [0.25, 0.3) is 0 Å². The van der Waals surface area contributed by atoms with Crippen molar-refractivity contribution in [3.63, 3.8) is 0 Å². The van der Waals surface area contributed by atoms with E-state index in [9.17, 15) is 4.39 Å². The predicted molar refractivity (Wildman–Crippen MR) is 117 cm³/mol. The molecule has 0 radical (unpaired) electrons. The van der Waals surface area contributed by atoms with E-state index in [-0.39, 0.29) is 0 Å². The van der Waals surface area contributed by atoms with Crippen LogP contribution in [0.5, 0.6) is 11.5 Å². The van der Waals surface area contributed by atoms with Gasteiger partial charge in [-0.05, 0) is 24.6 Å². The normalized spacial score (nSPS) is 16.1. The SMILES string of the molecule is COc1cc2nc(N3CC[C@H](F)C3)nc(-c3cnn(-c4ccccc4)c3)c2cc1OC. The van der Waals surface area contributed by atoms with E-state index >= 15 is 0 Å². The van der Waals surface area contributed by atoms with Gasteiger partial charge in [0.15, 0.2) is 11.5 Å². The van der Waals surface area contributed by atoms with Crippen molar-refractivity contribution in [3.05, 3.63) is 54.9 Å². The second-order valence-electron chi connectivity index (χ2n) is 7.44. The lowest BCUT2D eigenvalue weighted by molar-refractivity contribution is 0.356. The summed E-state index contributed by atoms with van der Waals surface area (Å²) in [4.78, 5) is 11.4. The van der Waals surface area contributed by atoms with Gasteiger partial charge < -0.3 is 14.4 Å². The molecule has 3 heterocycles. The molecule has 1 aliphatic heterocycles. The molecule has 1 atom stereocenters. The molecule has 1 saturated heterocycles. The van der Waals surface area contributed by atoms with E-state index in [2.05, 4.69) is 5.10 Å². The third-order valence-electron chi connectivity index (χ3n) is 5.48. The summed E-state index contributed by atoms with van der Waals surface area (Å²) >= 11 is 0. The zero-order chi connectivity index (χ0) is 21.4. The van der Waals surface area contributed by atoms with Gasteiger partial charge in [0.05, 0.1) is 43.9 Å². The van der Waals surface area contributed by atoms with Crippen molar-refractivity contribution in [3.8, 4) is 28.4 Å². The molecule has 0 unspecified atom stereocenters. The Morgan fingerprint density at radius 2 is 1.81 bits per heavy atom. The summed E-state index contributed by atoms with van der Waals surface area (Å²) in [5.41, 5.74) is 3.20. The van der Waals surface area contributed by atoms with E-state index in [4.69, 9.17) is 19.4 Å². The Kier molecular flexibility index (Phi) is 4.89. The van der Waals surface area contributed by atoms with Crippen LogP contribution >= 0.6 is 0 Å². The van der Waals surface area contributed by atoms with Crippen LogP contribution in [0.4, 0.5) is 10.3 Å². The minimum absolute atomic E-state index is 0.293. The summed E-state index contributed by atoms with van der Waals surface area (Å²) in [7, 11) is 3.18. The summed E-state index contributed by atoms with van der Waals surface area (Å²) in [5, 5.41) is 5.32. The van der Waals surface area contributed by atoms with Gasteiger partial charge in [0.1, 0.15) is 6.17 Å². The lowest BCUT2D eigenvalue weighted by Gasteiger charge is -2.18. The molecular formula is C23H22FN5O2. The lowest BCUT2D eigenvalue weighted by Crippen LogP contribution is -2.22. The van der Waals surface area contributed by atoms with E-state index in [0.717, 1.165) is 16.6 Å². The van der Waals surface area contributed by atoms with Gasteiger partial charge in [-0.25, -0.2) is 19.0 Å². The molecule has 4 aromatic rings. The summed E-state index contributed by atoms with van der Waals surface area (Å²) in [6.45, 7) is 0.879. The van der Waals surface area contributed by atoms with Crippen LogP contribution in [-0.2, 0) is 0 Å². The largest absolute Gasteiger partial charge is 0.493 e. The van der Waals surface area contributed by atoms with Crippen LogP contribution in [-0.4, -0.2) is 53.2 Å². The number of methoxy groups -OCH3 is 2. The van der Waals surface area contributed by atoms with Crippen LogP contribution in [0.15, 0.2) is 54.9 Å². The van der Waals surface area contributed by atoms with Crippen molar-refractivity contribution in [1.82, 2.24) is 19.7 Å². The zero-order valence-electron chi connectivity index (χ0n) is 17.3. The smallest absolute Gasteiger partial charge is 0.226 e. The number of alkyl halides is 1. The number of halogens is 1. The van der Waals surface area contributed by atoms with Gasteiger partial charge in [-0.1, -0.05) is 18.2 Å². The minimum Gasteiger partial charge on any atom is -0.493 e. The van der Waals surface area contributed by atoms with Gasteiger partial charge >= 0.3 is 0 Å². The maximum absolute atomic E-state index is 13.9. The molecule has 158 valence electrons. The van der Waals surface area contributed by atoms with E-state index in [1.807, 2.05) is 53.6 Å². The molecule has 2 aromatic carbocycles. The molecule has 0 amide bonds. The Hall–Kier alpha value is -3.68. The average molecular weight is 419 g/mol. The van der Waals surface area contributed by atoms with Gasteiger partial charge in [0, 0.05) is 29.8 Å². The van der Waals surface area contributed by atoms with E-state index in [1.54, 1.807) is 25.1 Å². The third-order valence-corrected chi connectivity index (χ3v) is 5.48. The fraction of sp³-hybridized carbons (Fsp3) is 0.261. The van der Waals surface area contributed by atoms with Crippen molar-refractivity contribution < 1.29 is 13.9 Å². The monoisotopic (exact) mass is 419 g/mol. The van der Waals surface area contributed by atoms with Crippen molar-refractivity contribution in [2.45, 2.75) is 12.6 Å². The van der Waals surface area contributed by atoms with Crippen molar-refractivity contribution in [2.75, 3.05) is 32.2 Å². The summed E-state index contributed by atoms with van der Waals surface area (Å²) in [5.74, 6) is 1.67. The molecule has 0 bridgehead atoms. The lowest BCUT2D eigenvalue weighted by atomic mass is 10.1. The fourth-order valence-electron chi connectivity index (χ4n) is 3.87. The summed E-state index contributed by atoms with van der Waals surface area (Å²) < 4.78 is 26.6. The number of para-hydroxylation sites is 1. The van der Waals surface area contributed by atoms with Gasteiger partial charge in [-0.3, -0.25) is 0 Å². The molecule has 31 heavy (non-hydrogen) atoms. The number of benzene rings is 2. The highest BCUT2D eigenvalue weighted by atomic mass is 19.1. The Morgan fingerprint density at radius 1 is 1.03 bits per heavy atom. The Bertz CT molecular complexity index is 1230. The van der Waals surface area contributed by atoms with E-state index in [1.165, 1.54) is 0 Å². The third kappa shape index (κ3) is 3.54. The topological polar surface area (TPSA) is 65.3 Å². The van der Waals surface area contributed by atoms with Crippen molar-refractivity contribution in [2.24, 2.45) is 0 Å². The Labute approximate surface area is 179 Å². The number of aromatic nitrogens is 4. The Morgan fingerprint density at radius 3 is 2.52 bits per heavy atom. The van der Waals surface area contributed by atoms with Crippen LogP contribution in [0, 0.1) is 0 Å². The summed E-state index contributed by atoms with van der Waals surface area (Å²) in [6.07, 6.45) is 3.32. The minimum atomic E-state index is -0.867. The maximum Gasteiger partial charge on any atom is 0.226 e. The first-order valence-electron chi connectivity index (χ1n) is 10.1. The molecule has 2 aromatic heterocycles. The van der Waals surface area contributed by atoms with Gasteiger partial charge in [0.2, 0.25) is 5.95 Å². The zero-order valence-corrected chi connectivity index (χ0v) is 17.3. The molecule has 0 spiro atoms. The number of ether oxygens (including phenoxy) is 2.